The lowest BCUT2D eigenvalue weighted by Crippen LogP contribution is -2.52. The third-order valence-electron chi connectivity index (χ3n) is 6.63. The molecule has 0 aliphatic heterocycles. The number of alkyl halides is 10. The molecule has 0 radical (unpaired) electrons. The highest BCUT2D eigenvalue weighted by Gasteiger charge is 2.70. The Labute approximate surface area is 171 Å². The Bertz CT molecular complexity index is 565. The zero-order valence-corrected chi connectivity index (χ0v) is 17.4. The van der Waals surface area contributed by atoms with Gasteiger partial charge >= 0.3 is 18.5 Å². The molecular weight excluding hydrogens is 514 g/mol. The first-order chi connectivity index (χ1) is 12.5. The average Bonchev–Trinajstić information content (AvgIpc) is 2.52. The van der Waals surface area contributed by atoms with Gasteiger partial charge in [-0.15, -0.1) is 0 Å². The molecule has 0 nitrogen and oxygen atoms in total. The van der Waals surface area contributed by atoms with E-state index in [0.29, 0.717) is 0 Å². The lowest BCUT2D eigenvalue weighted by molar-refractivity contribution is -0.351. The van der Waals surface area contributed by atoms with Crippen molar-refractivity contribution in [1.29, 1.82) is 0 Å². The minimum absolute atomic E-state index is 0.191. The smallest absolute Gasteiger partial charge is 0.170 e. The Balaban J connectivity index is 2.15. The van der Waals surface area contributed by atoms with Gasteiger partial charge in [-0.05, 0) is 56.8 Å². The van der Waals surface area contributed by atoms with Crippen molar-refractivity contribution in [3.05, 3.63) is 12.2 Å². The Kier molecular flexibility index (Phi) is 6.47. The maximum Gasteiger partial charge on any atom is 0.403 e. The van der Waals surface area contributed by atoms with Crippen molar-refractivity contribution in [2.24, 2.45) is 28.6 Å². The first-order valence-corrected chi connectivity index (χ1v) is 10.2. The molecule has 0 heterocycles. The van der Waals surface area contributed by atoms with E-state index in [1.54, 1.807) is 29.5 Å². The molecule has 10 heteroatoms. The van der Waals surface area contributed by atoms with E-state index in [0.717, 1.165) is 13.0 Å². The molecule has 0 bridgehead atoms. The van der Waals surface area contributed by atoms with Gasteiger partial charge in [0.1, 0.15) is 0 Å². The van der Waals surface area contributed by atoms with Crippen molar-refractivity contribution in [2.45, 2.75) is 68.4 Å². The molecule has 0 amide bonds. The van der Waals surface area contributed by atoms with Crippen LogP contribution in [0.2, 0.25) is 0 Å². The van der Waals surface area contributed by atoms with Crippen molar-refractivity contribution in [3.63, 3.8) is 0 Å². The fourth-order valence-electron chi connectivity index (χ4n) is 4.40. The molecule has 0 aromatic heterocycles. The van der Waals surface area contributed by atoms with Gasteiger partial charge in [0.05, 0.1) is 5.41 Å². The zero-order valence-electron chi connectivity index (χ0n) is 15.3. The number of hydrogen-bond donors (Lipinski definition) is 0. The predicted molar refractivity (Wildman–Crippen MR) is 94.9 cm³/mol. The second-order valence-electron chi connectivity index (χ2n) is 8.32. The third kappa shape index (κ3) is 4.04. The van der Waals surface area contributed by atoms with Crippen molar-refractivity contribution >= 4 is 22.6 Å². The number of halogens is 10. The number of hydrogen-bond acceptors (Lipinski definition) is 0. The molecule has 4 unspecified atom stereocenters. The minimum atomic E-state index is -5.39. The number of rotatable bonds is 2. The van der Waals surface area contributed by atoms with Crippen LogP contribution in [-0.4, -0.2) is 22.5 Å². The molecule has 0 N–H and O–H groups in total. The van der Waals surface area contributed by atoms with E-state index in [4.69, 9.17) is 0 Å². The fraction of sp³-hybridized carbons (Fsp3) is 0.889. The van der Waals surface area contributed by atoms with Crippen molar-refractivity contribution in [1.82, 2.24) is 0 Å². The quantitative estimate of drug-likeness (QED) is 0.146. The first kappa shape index (κ1) is 24.1. The van der Waals surface area contributed by atoms with E-state index < -0.39 is 58.0 Å². The molecule has 0 spiro atoms. The summed E-state index contributed by atoms with van der Waals surface area (Å²) in [6.07, 6.45) is -15.2. The summed E-state index contributed by atoms with van der Waals surface area (Å²) in [6, 6.07) is 0. The van der Waals surface area contributed by atoms with E-state index in [1.165, 1.54) is 6.08 Å². The van der Waals surface area contributed by atoms with Gasteiger partial charge in [0, 0.05) is 3.92 Å². The Morgan fingerprint density at radius 2 is 1.36 bits per heavy atom. The van der Waals surface area contributed by atoms with Crippen LogP contribution in [-0.2, 0) is 0 Å². The standard InChI is InChI=1S/C18H22F9I/c1-10-3-6-14(2,16(19,20)21)13(28)12(10)9-11-4-7-15(8-5-11,17(22,23)24)18(25,26)27/h3,6,10-13H,4-5,7-9H2,1-2H3. The van der Waals surface area contributed by atoms with Gasteiger partial charge in [0.25, 0.3) is 0 Å². The lowest BCUT2D eigenvalue weighted by Gasteiger charge is -2.46. The van der Waals surface area contributed by atoms with Gasteiger partial charge in [-0.3, -0.25) is 0 Å². The van der Waals surface area contributed by atoms with Gasteiger partial charge in [0.15, 0.2) is 5.41 Å². The monoisotopic (exact) mass is 536 g/mol. The summed E-state index contributed by atoms with van der Waals surface area (Å²) in [5, 5.41) is 0. The summed E-state index contributed by atoms with van der Waals surface area (Å²) >= 11 is 1.74. The first-order valence-electron chi connectivity index (χ1n) is 9.00. The Hall–Kier alpha value is -0.160. The summed E-state index contributed by atoms with van der Waals surface area (Å²) in [6.45, 7) is 2.82. The molecule has 1 saturated carbocycles. The molecule has 0 aromatic rings. The van der Waals surface area contributed by atoms with Crippen LogP contribution in [0.4, 0.5) is 39.5 Å². The molecule has 0 saturated heterocycles. The van der Waals surface area contributed by atoms with Crippen LogP contribution in [0.5, 0.6) is 0 Å². The highest BCUT2D eigenvalue weighted by molar-refractivity contribution is 14.1. The Morgan fingerprint density at radius 3 is 1.75 bits per heavy atom. The zero-order chi connectivity index (χ0) is 21.8. The molecule has 1 fully saturated rings. The van der Waals surface area contributed by atoms with Gasteiger partial charge < -0.3 is 0 Å². The molecule has 4 atom stereocenters. The van der Waals surface area contributed by atoms with Crippen LogP contribution in [0, 0.1) is 28.6 Å². The van der Waals surface area contributed by atoms with Crippen LogP contribution in [0.1, 0.15) is 46.0 Å². The van der Waals surface area contributed by atoms with E-state index >= 15 is 0 Å². The second kappa shape index (κ2) is 7.51. The molecule has 164 valence electrons. The average molecular weight is 536 g/mol. The molecule has 2 rings (SSSR count). The van der Waals surface area contributed by atoms with Crippen molar-refractivity contribution < 1.29 is 39.5 Å². The van der Waals surface area contributed by atoms with Gasteiger partial charge in [-0.25, -0.2) is 0 Å². The predicted octanol–water partition coefficient (Wildman–Crippen LogP) is 7.87. The highest BCUT2D eigenvalue weighted by atomic mass is 127. The molecule has 0 aromatic carbocycles. The highest BCUT2D eigenvalue weighted by Crippen LogP contribution is 2.60. The fourth-order valence-corrected chi connectivity index (χ4v) is 5.91. The van der Waals surface area contributed by atoms with E-state index in [1.807, 2.05) is 0 Å². The number of allylic oxidation sites excluding steroid dienone is 2. The van der Waals surface area contributed by atoms with Gasteiger partial charge in [0.2, 0.25) is 0 Å². The second-order valence-corrected chi connectivity index (χ2v) is 9.66. The minimum Gasteiger partial charge on any atom is -0.170 e. The topological polar surface area (TPSA) is 0 Å². The largest absolute Gasteiger partial charge is 0.403 e. The molecule has 28 heavy (non-hydrogen) atoms. The molecule has 2 aliphatic rings. The summed E-state index contributed by atoms with van der Waals surface area (Å²) in [4.78, 5) is 0. The lowest BCUT2D eigenvalue weighted by atomic mass is 9.64. The van der Waals surface area contributed by atoms with Crippen LogP contribution in [0.25, 0.3) is 0 Å². The summed E-state index contributed by atoms with van der Waals surface area (Å²) in [5.41, 5.74) is -5.78. The van der Waals surface area contributed by atoms with E-state index in [2.05, 4.69) is 0 Å². The van der Waals surface area contributed by atoms with Crippen molar-refractivity contribution in [3.8, 4) is 0 Å². The molecule has 2 aliphatic carbocycles. The maximum absolute atomic E-state index is 13.5. The summed E-state index contributed by atoms with van der Waals surface area (Å²) < 4.78 is 119. The summed E-state index contributed by atoms with van der Waals surface area (Å²) in [5.74, 6) is -1.15. The third-order valence-corrected chi connectivity index (χ3v) is 8.85. The molecular formula is C18H22F9I. The summed E-state index contributed by atoms with van der Waals surface area (Å²) in [7, 11) is 0. The maximum atomic E-state index is 13.5. The normalized spacial score (nSPS) is 35.2. The van der Waals surface area contributed by atoms with Crippen LogP contribution in [0.15, 0.2) is 12.2 Å². The Morgan fingerprint density at radius 1 is 0.893 bits per heavy atom. The van der Waals surface area contributed by atoms with Crippen LogP contribution < -0.4 is 0 Å². The van der Waals surface area contributed by atoms with Gasteiger partial charge in [-0.2, -0.15) is 39.5 Å². The van der Waals surface area contributed by atoms with Crippen LogP contribution >= 0.6 is 22.6 Å². The van der Waals surface area contributed by atoms with Crippen LogP contribution in [0.3, 0.4) is 0 Å². The SMILES string of the molecule is CC1C=CC(C)(C(F)(F)F)C(I)C1CC1CCC(C(F)(F)F)(C(F)(F)F)CC1. The van der Waals surface area contributed by atoms with Crippen molar-refractivity contribution in [2.75, 3.05) is 0 Å². The van der Waals surface area contributed by atoms with Gasteiger partial charge in [-0.1, -0.05) is 41.7 Å². The van der Waals surface area contributed by atoms with E-state index in [9.17, 15) is 39.5 Å². The van der Waals surface area contributed by atoms with E-state index in [-0.39, 0.29) is 25.2 Å².